The van der Waals surface area contributed by atoms with Crippen molar-refractivity contribution in [3.05, 3.63) is 71.0 Å². The SMILES string of the molecule is CC(C)N(Cc1ccc(C#N)cc1)CC(O)c1ccccc1F. The van der Waals surface area contributed by atoms with Crippen LogP contribution in [-0.2, 0) is 6.54 Å². The normalized spacial score (nSPS) is 12.4. The summed E-state index contributed by atoms with van der Waals surface area (Å²) in [6.07, 6.45) is -0.878. The first-order valence-electron chi connectivity index (χ1n) is 7.67. The van der Waals surface area contributed by atoms with Crippen molar-refractivity contribution >= 4 is 0 Å². The van der Waals surface area contributed by atoms with Gasteiger partial charge in [0.25, 0.3) is 0 Å². The molecule has 1 unspecified atom stereocenters. The van der Waals surface area contributed by atoms with Crippen LogP contribution in [0.4, 0.5) is 4.39 Å². The Kier molecular flexibility index (Phi) is 5.86. The zero-order chi connectivity index (χ0) is 16.8. The van der Waals surface area contributed by atoms with Gasteiger partial charge in [0.2, 0.25) is 0 Å². The van der Waals surface area contributed by atoms with Gasteiger partial charge in [0, 0.05) is 24.7 Å². The van der Waals surface area contributed by atoms with Crippen molar-refractivity contribution in [3.8, 4) is 6.07 Å². The highest BCUT2D eigenvalue weighted by Gasteiger charge is 2.18. The van der Waals surface area contributed by atoms with Crippen molar-refractivity contribution in [2.75, 3.05) is 6.54 Å². The van der Waals surface area contributed by atoms with Gasteiger partial charge >= 0.3 is 0 Å². The van der Waals surface area contributed by atoms with Crippen LogP contribution in [0.2, 0.25) is 0 Å². The highest BCUT2D eigenvalue weighted by Crippen LogP contribution is 2.20. The minimum absolute atomic E-state index is 0.201. The second-order valence-electron chi connectivity index (χ2n) is 5.87. The summed E-state index contributed by atoms with van der Waals surface area (Å²) in [4.78, 5) is 2.08. The summed E-state index contributed by atoms with van der Waals surface area (Å²) in [7, 11) is 0. The van der Waals surface area contributed by atoms with E-state index < -0.39 is 6.10 Å². The molecule has 0 aromatic heterocycles. The van der Waals surface area contributed by atoms with E-state index in [0.29, 0.717) is 24.2 Å². The van der Waals surface area contributed by atoms with Gasteiger partial charge in [-0.1, -0.05) is 30.3 Å². The van der Waals surface area contributed by atoms with E-state index in [4.69, 9.17) is 5.26 Å². The van der Waals surface area contributed by atoms with Crippen LogP contribution >= 0.6 is 0 Å². The maximum Gasteiger partial charge on any atom is 0.129 e. The third-order valence-electron chi connectivity index (χ3n) is 3.87. The van der Waals surface area contributed by atoms with Crippen LogP contribution in [0.25, 0.3) is 0 Å². The number of aliphatic hydroxyl groups excluding tert-OH is 1. The zero-order valence-corrected chi connectivity index (χ0v) is 13.4. The molecular weight excluding hydrogens is 291 g/mol. The Morgan fingerprint density at radius 1 is 1.13 bits per heavy atom. The Morgan fingerprint density at radius 2 is 1.78 bits per heavy atom. The summed E-state index contributed by atoms with van der Waals surface area (Å²) >= 11 is 0. The van der Waals surface area contributed by atoms with E-state index >= 15 is 0 Å². The molecule has 0 aliphatic carbocycles. The molecule has 0 saturated heterocycles. The molecule has 2 rings (SSSR count). The third-order valence-corrected chi connectivity index (χ3v) is 3.87. The smallest absolute Gasteiger partial charge is 0.129 e. The minimum Gasteiger partial charge on any atom is -0.387 e. The van der Waals surface area contributed by atoms with Crippen molar-refractivity contribution in [2.24, 2.45) is 0 Å². The largest absolute Gasteiger partial charge is 0.387 e. The molecule has 0 heterocycles. The maximum atomic E-state index is 13.8. The Labute approximate surface area is 136 Å². The van der Waals surface area contributed by atoms with Gasteiger partial charge in [-0.05, 0) is 37.6 Å². The summed E-state index contributed by atoms with van der Waals surface area (Å²) in [5.74, 6) is -0.387. The molecule has 0 spiro atoms. The van der Waals surface area contributed by atoms with Gasteiger partial charge in [-0.15, -0.1) is 0 Å². The zero-order valence-electron chi connectivity index (χ0n) is 13.4. The van der Waals surface area contributed by atoms with E-state index in [1.54, 1.807) is 30.3 Å². The van der Waals surface area contributed by atoms with E-state index in [2.05, 4.69) is 11.0 Å². The van der Waals surface area contributed by atoms with E-state index in [1.807, 2.05) is 26.0 Å². The summed E-state index contributed by atoms with van der Waals surface area (Å²) in [6, 6.07) is 16.0. The monoisotopic (exact) mass is 312 g/mol. The van der Waals surface area contributed by atoms with Crippen LogP contribution < -0.4 is 0 Å². The molecule has 0 saturated carbocycles. The summed E-state index contributed by atoms with van der Waals surface area (Å²) in [5.41, 5.74) is 1.99. The van der Waals surface area contributed by atoms with Gasteiger partial charge in [-0.3, -0.25) is 4.90 Å². The number of hydrogen-bond donors (Lipinski definition) is 1. The van der Waals surface area contributed by atoms with Crippen molar-refractivity contribution in [1.82, 2.24) is 4.90 Å². The van der Waals surface area contributed by atoms with E-state index in [9.17, 15) is 9.50 Å². The van der Waals surface area contributed by atoms with Crippen molar-refractivity contribution in [2.45, 2.75) is 32.5 Å². The highest BCUT2D eigenvalue weighted by atomic mass is 19.1. The first kappa shape index (κ1) is 17.1. The van der Waals surface area contributed by atoms with Crippen molar-refractivity contribution in [3.63, 3.8) is 0 Å². The number of aliphatic hydroxyl groups is 1. The number of halogens is 1. The molecule has 1 N–H and O–H groups in total. The van der Waals surface area contributed by atoms with Crippen molar-refractivity contribution < 1.29 is 9.50 Å². The first-order valence-corrected chi connectivity index (χ1v) is 7.67. The Hall–Kier alpha value is -2.22. The van der Waals surface area contributed by atoms with Gasteiger partial charge in [0.15, 0.2) is 0 Å². The lowest BCUT2D eigenvalue weighted by Gasteiger charge is -2.29. The molecule has 0 aliphatic rings. The fourth-order valence-corrected chi connectivity index (χ4v) is 2.44. The molecule has 2 aromatic carbocycles. The van der Waals surface area contributed by atoms with E-state index in [1.165, 1.54) is 6.07 Å². The third kappa shape index (κ3) is 4.62. The van der Waals surface area contributed by atoms with Gasteiger partial charge in [0.05, 0.1) is 17.7 Å². The summed E-state index contributed by atoms with van der Waals surface area (Å²) < 4.78 is 13.8. The standard InChI is InChI=1S/C19H21FN2O/c1-14(2)22(12-16-9-7-15(11-21)8-10-16)13-19(23)17-5-3-4-6-18(17)20/h3-10,14,19,23H,12-13H2,1-2H3. The molecule has 0 bridgehead atoms. The molecule has 4 heteroatoms. The molecule has 2 aromatic rings. The predicted octanol–water partition coefficient (Wildman–Crippen LogP) is 3.64. The van der Waals surface area contributed by atoms with Gasteiger partial charge in [0.1, 0.15) is 5.82 Å². The van der Waals surface area contributed by atoms with Gasteiger partial charge in [-0.2, -0.15) is 5.26 Å². The second kappa shape index (κ2) is 7.87. The van der Waals surface area contributed by atoms with Crippen LogP contribution in [-0.4, -0.2) is 22.6 Å². The van der Waals surface area contributed by atoms with Crippen LogP contribution in [0.5, 0.6) is 0 Å². The first-order chi connectivity index (χ1) is 11.0. The number of benzene rings is 2. The molecule has 0 radical (unpaired) electrons. The summed E-state index contributed by atoms with van der Waals surface area (Å²) in [6.45, 7) is 5.06. The van der Waals surface area contributed by atoms with Crippen LogP contribution in [0.1, 0.15) is 36.6 Å². The number of nitriles is 1. The topological polar surface area (TPSA) is 47.3 Å². The number of rotatable bonds is 6. The van der Waals surface area contributed by atoms with Gasteiger partial charge in [-0.25, -0.2) is 4.39 Å². The lowest BCUT2D eigenvalue weighted by atomic mass is 10.1. The number of hydrogen-bond acceptors (Lipinski definition) is 3. The predicted molar refractivity (Wildman–Crippen MR) is 88.1 cm³/mol. The molecule has 0 fully saturated rings. The molecule has 120 valence electrons. The molecule has 1 atom stereocenters. The molecule has 23 heavy (non-hydrogen) atoms. The van der Waals surface area contributed by atoms with Crippen molar-refractivity contribution in [1.29, 1.82) is 5.26 Å². The van der Waals surface area contributed by atoms with E-state index in [-0.39, 0.29) is 11.9 Å². The molecular formula is C19H21FN2O. The number of nitrogens with zero attached hydrogens (tertiary/aromatic N) is 2. The van der Waals surface area contributed by atoms with Gasteiger partial charge < -0.3 is 5.11 Å². The Bertz CT molecular complexity index is 677. The average molecular weight is 312 g/mol. The maximum absolute atomic E-state index is 13.8. The molecule has 0 aliphatic heterocycles. The lowest BCUT2D eigenvalue weighted by Crippen LogP contribution is -2.34. The minimum atomic E-state index is -0.878. The average Bonchev–Trinajstić information content (AvgIpc) is 2.55. The molecule has 3 nitrogen and oxygen atoms in total. The Morgan fingerprint density at radius 3 is 2.35 bits per heavy atom. The molecule has 0 amide bonds. The van der Waals surface area contributed by atoms with Crippen LogP contribution in [0.3, 0.4) is 0 Å². The van der Waals surface area contributed by atoms with E-state index in [0.717, 1.165) is 5.56 Å². The highest BCUT2D eigenvalue weighted by molar-refractivity contribution is 5.31. The fourth-order valence-electron chi connectivity index (χ4n) is 2.44. The second-order valence-corrected chi connectivity index (χ2v) is 5.87. The Balaban J connectivity index is 2.09. The van der Waals surface area contributed by atoms with Crippen LogP contribution in [0.15, 0.2) is 48.5 Å². The summed E-state index contributed by atoms with van der Waals surface area (Å²) in [5, 5.41) is 19.2. The lowest BCUT2D eigenvalue weighted by molar-refractivity contribution is 0.0883. The van der Waals surface area contributed by atoms with Crippen LogP contribution in [0, 0.1) is 17.1 Å². The fraction of sp³-hybridized carbons (Fsp3) is 0.316. The quantitative estimate of drug-likeness (QED) is 0.886.